The molecule has 0 spiro atoms. The third kappa shape index (κ3) is 2.89. The van der Waals surface area contributed by atoms with Gasteiger partial charge in [-0.25, -0.2) is 9.07 Å². The summed E-state index contributed by atoms with van der Waals surface area (Å²) in [5, 5.41) is 7.48. The molecule has 0 bridgehead atoms. The Morgan fingerprint density at radius 3 is 2.89 bits per heavy atom. The van der Waals surface area contributed by atoms with E-state index in [1.165, 1.54) is 12.1 Å². The highest BCUT2D eigenvalue weighted by Crippen LogP contribution is 2.26. The molecule has 2 rings (SSSR count). The van der Waals surface area contributed by atoms with Gasteiger partial charge in [-0.1, -0.05) is 0 Å². The van der Waals surface area contributed by atoms with Crippen molar-refractivity contribution in [2.24, 2.45) is 7.05 Å². The van der Waals surface area contributed by atoms with Crippen molar-refractivity contribution in [2.45, 2.75) is 13.5 Å². The summed E-state index contributed by atoms with van der Waals surface area (Å²) in [4.78, 5) is 0. The van der Waals surface area contributed by atoms with E-state index < -0.39 is 0 Å². The van der Waals surface area contributed by atoms with E-state index >= 15 is 0 Å². The summed E-state index contributed by atoms with van der Waals surface area (Å²) in [5.41, 5.74) is 2.55. The molecule has 0 amide bonds. The van der Waals surface area contributed by atoms with Crippen molar-refractivity contribution in [1.29, 1.82) is 0 Å². The third-order valence-corrected chi connectivity index (χ3v) is 3.56. The van der Waals surface area contributed by atoms with Crippen molar-refractivity contribution in [3.63, 3.8) is 0 Å². The highest BCUT2D eigenvalue weighted by molar-refractivity contribution is 9.10. The molecule has 0 saturated heterocycles. The van der Waals surface area contributed by atoms with Crippen molar-refractivity contribution < 1.29 is 9.13 Å². The molecule has 1 aromatic carbocycles. The minimum Gasteiger partial charge on any atom is -0.481 e. The first-order valence-electron chi connectivity index (χ1n) is 5.78. The number of ether oxygens (including phenoxy) is 1. The van der Waals surface area contributed by atoms with E-state index in [9.17, 15) is 4.39 Å². The molecule has 1 heterocycles. The van der Waals surface area contributed by atoms with Gasteiger partial charge in [-0.15, -0.1) is 0 Å². The van der Waals surface area contributed by atoms with E-state index in [0.29, 0.717) is 18.1 Å². The molecule has 4 nitrogen and oxygen atoms in total. The fraction of sp³-hybridized carbons (Fsp3) is 0.308. The van der Waals surface area contributed by atoms with Gasteiger partial charge in [0, 0.05) is 18.1 Å². The lowest BCUT2D eigenvalue weighted by molar-refractivity contribution is 0.370. The maximum atomic E-state index is 13.2. The predicted octanol–water partition coefficient (Wildman–Crippen LogP) is 3.25. The smallest absolute Gasteiger partial charge is 0.216 e. The quantitative estimate of drug-likeness (QED) is 0.936. The number of aromatic nitrogens is 2. The van der Waals surface area contributed by atoms with Crippen LogP contribution in [0.2, 0.25) is 0 Å². The number of rotatable bonds is 4. The van der Waals surface area contributed by atoms with Gasteiger partial charge >= 0.3 is 0 Å². The lowest BCUT2D eigenvalue weighted by Crippen LogP contribution is -2.03. The predicted molar refractivity (Wildman–Crippen MR) is 75.9 cm³/mol. The summed E-state index contributed by atoms with van der Waals surface area (Å²) in [6.07, 6.45) is 0. The lowest BCUT2D eigenvalue weighted by Gasteiger charge is -2.10. The van der Waals surface area contributed by atoms with Gasteiger partial charge in [0.25, 0.3) is 0 Å². The van der Waals surface area contributed by atoms with Gasteiger partial charge in [0.2, 0.25) is 5.88 Å². The van der Waals surface area contributed by atoms with Crippen LogP contribution in [0.1, 0.15) is 11.3 Å². The van der Waals surface area contributed by atoms with E-state index in [1.807, 2.05) is 14.0 Å². The van der Waals surface area contributed by atoms with E-state index in [1.54, 1.807) is 17.9 Å². The van der Waals surface area contributed by atoms with Gasteiger partial charge in [0.05, 0.1) is 24.1 Å². The molecule has 1 N–H and O–H groups in total. The molecule has 0 unspecified atom stereocenters. The molecule has 0 aliphatic carbocycles. The minimum atomic E-state index is -0.277. The third-order valence-electron chi connectivity index (χ3n) is 2.87. The first-order chi connectivity index (χ1) is 9.02. The van der Waals surface area contributed by atoms with Crippen molar-refractivity contribution in [3.8, 4) is 5.88 Å². The zero-order chi connectivity index (χ0) is 14.0. The highest BCUT2D eigenvalue weighted by atomic mass is 79.9. The minimum absolute atomic E-state index is 0.277. The van der Waals surface area contributed by atoms with Crippen LogP contribution < -0.4 is 10.1 Å². The maximum absolute atomic E-state index is 13.2. The van der Waals surface area contributed by atoms with E-state index in [-0.39, 0.29) is 5.82 Å². The molecule has 0 fully saturated rings. The summed E-state index contributed by atoms with van der Waals surface area (Å²) < 4.78 is 21.0. The lowest BCUT2D eigenvalue weighted by atomic mass is 10.2. The molecular weight excluding hydrogens is 313 g/mol. The number of nitrogens with one attached hydrogen (secondary N) is 1. The Balaban J connectivity index is 2.21. The average Bonchev–Trinajstić information content (AvgIpc) is 2.64. The second kappa shape index (κ2) is 5.61. The Kier molecular flexibility index (Phi) is 4.09. The Labute approximate surface area is 119 Å². The van der Waals surface area contributed by atoms with Crippen LogP contribution >= 0.6 is 15.9 Å². The average molecular weight is 328 g/mol. The maximum Gasteiger partial charge on any atom is 0.216 e. The fourth-order valence-corrected chi connectivity index (χ4v) is 2.34. The van der Waals surface area contributed by atoms with Gasteiger partial charge in [-0.05, 0) is 41.1 Å². The monoisotopic (exact) mass is 327 g/mol. The van der Waals surface area contributed by atoms with E-state index in [0.717, 1.165) is 15.7 Å². The van der Waals surface area contributed by atoms with Crippen LogP contribution in [0, 0.1) is 12.7 Å². The topological polar surface area (TPSA) is 39.1 Å². The normalized spacial score (nSPS) is 10.6. The Morgan fingerprint density at radius 2 is 2.21 bits per heavy atom. The first kappa shape index (κ1) is 13.9. The number of methoxy groups -OCH3 is 1. The molecule has 0 aliphatic rings. The van der Waals surface area contributed by atoms with Crippen LogP contribution in [0.4, 0.5) is 10.1 Å². The van der Waals surface area contributed by atoms with Crippen molar-refractivity contribution in [1.82, 2.24) is 9.78 Å². The summed E-state index contributed by atoms with van der Waals surface area (Å²) in [5.74, 6) is 0.429. The van der Waals surface area contributed by atoms with Gasteiger partial charge in [-0.2, -0.15) is 5.10 Å². The standard InChI is InChI=1S/C13H15BrFN3O/c1-8-10(13(19-3)18(2)17-8)7-16-12-6-9(15)4-5-11(12)14/h4-6,16H,7H2,1-3H3. The van der Waals surface area contributed by atoms with Gasteiger partial charge < -0.3 is 10.1 Å². The fourth-order valence-electron chi connectivity index (χ4n) is 1.96. The first-order valence-corrected chi connectivity index (χ1v) is 6.57. The van der Waals surface area contributed by atoms with Crippen LogP contribution in [0.15, 0.2) is 22.7 Å². The number of aryl methyl sites for hydroxylation is 2. The Morgan fingerprint density at radius 1 is 1.47 bits per heavy atom. The number of hydrogen-bond acceptors (Lipinski definition) is 3. The van der Waals surface area contributed by atoms with E-state index in [4.69, 9.17) is 4.74 Å². The van der Waals surface area contributed by atoms with Crippen LogP contribution in [-0.2, 0) is 13.6 Å². The van der Waals surface area contributed by atoms with Crippen molar-refractivity contribution in [3.05, 3.63) is 39.7 Å². The number of nitrogens with zero attached hydrogens (tertiary/aromatic N) is 2. The zero-order valence-corrected chi connectivity index (χ0v) is 12.6. The SMILES string of the molecule is COc1c(CNc2cc(F)ccc2Br)c(C)nn1C. The van der Waals surface area contributed by atoms with Crippen LogP contribution in [0.25, 0.3) is 0 Å². The van der Waals surface area contributed by atoms with Gasteiger partial charge in [0.15, 0.2) is 0 Å². The number of benzene rings is 1. The summed E-state index contributed by atoms with van der Waals surface area (Å²) in [6.45, 7) is 2.44. The van der Waals surface area contributed by atoms with Crippen LogP contribution in [0.5, 0.6) is 5.88 Å². The van der Waals surface area contributed by atoms with Gasteiger partial charge in [0.1, 0.15) is 5.82 Å². The molecular formula is C13H15BrFN3O. The van der Waals surface area contributed by atoms with E-state index in [2.05, 4.69) is 26.3 Å². The molecule has 19 heavy (non-hydrogen) atoms. The van der Waals surface area contributed by atoms with Crippen molar-refractivity contribution in [2.75, 3.05) is 12.4 Å². The molecule has 6 heteroatoms. The number of halogens is 2. The van der Waals surface area contributed by atoms with Crippen LogP contribution in [0.3, 0.4) is 0 Å². The molecule has 1 aromatic heterocycles. The molecule has 0 atom stereocenters. The molecule has 2 aromatic rings. The van der Waals surface area contributed by atoms with Crippen molar-refractivity contribution >= 4 is 21.6 Å². The second-order valence-corrected chi connectivity index (χ2v) is 5.03. The summed E-state index contributed by atoms with van der Waals surface area (Å²) >= 11 is 3.38. The molecule has 102 valence electrons. The van der Waals surface area contributed by atoms with Crippen LogP contribution in [-0.4, -0.2) is 16.9 Å². The molecule has 0 radical (unpaired) electrons. The largest absolute Gasteiger partial charge is 0.481 e. The number of anilines is 1. The summed E-state index contributed by atoms with van der Waals surface area (Å²) in [7, 11) is 3.44. The number of hydrogen-bond donors (Lipinski definition) is 1. The Bertz CT molecular complexity index is 598. The Hall–Kier alpha value is -1.56. The highest BCUT2D eigenvalue weighted by Gasteiger charge is 2.13. The summed E-state index contributed by atoms with van der Waals surface area (Å²) in [6, 6.07) is 4.53. The second-order valence-electron chi connectivity index (χ2n) is 4.17. The van der Waals surface area contributed by atoms with Gasteiger partial charge in [-0.3, -0.25) is 0 Å². The molecule has 0 aliphatic heterocycles. The zero-order valence-electron chi connectivity index (χ0n) is 11.0. The molecule has 0 saturated carbocycles.